The van der Waals surface area contributed by atoms with Gasteiger partial charge in [0.15, 0.2) is 23.6 Å². The zero-order valence-electron chi connectivity index (χ0n) is 78.0. The first-order chi connectivity index (χ1) is 60.8. The molecule has 6 saturated heterocycles. The highest BCUT2D eigenvalue weighted by Crippen LogP contribution is 2.59. The number of nitrogens with zero attached hydrogens (tertiary/aromatic N) is 16. The number of benzene rings is 3. The summed E-state index contributed by atoms with van der Waals surface area (Å²) in [7, 11) is 3.72. The van der Waals surface area contributed by atoms with Crippen LogP contribution >= 0.6 is 34.8 Å². The fourth-order valence-electron chi connectivity index (χ4n) is 21.6. The van der Waals surface area contributed by atoms with Gasteiger partial charge in [0.25, 0.3) is 5.54 Å². The van der Waals surface area contributed by atoms with Crippen molar-refractivity contribution in [2.24, 2.45) is 31.8 Å². The summed E-state index contributed by atoms with van der Waals surface area (Å²) in [6.07, 6.45) is 5.53. The fraction of sp³-hybridized carbons (Fsp3) is 0.582. The van der Waals surface area contributed by atoms with Gasteiger partial charge in [-0.3, -0.25) is 53.4 Å². The van der Waals surface area contributed by atoms with E-state index in [0.717, 1.165) is 69.3 Å². The van der Waals surface area contributed by atoms with Crippen molar-refractivity contribution in [3.8, 4) is 0 Å². The molecular formula is C98H120Cl3F7N16O6. The van der Waals surface area contributed by atoms with Crippen molar-refractivity contribution in [1.82, 2.24) is 73.9 Å². The number of carbonyl (C=O) groups excluding carboxylic acids is 3. The molecule has 32 heteroatoms. The number of aryl methyl sites for hydroxylation is 5. The number of amides is 3. The molecule has 0 N–H and O–H groups in total. The highest BCUT2D eigenvalue weighted by atomic mass is 35.5. The van der Waals surface area contributed by atoms with Gasteiger partial charge in [0.05, 0.1) is 84.1 Å². The molecule has 0 saturated carbocycles. The van der Waals surface area contributed by atoms with E-state index in [1.54, 1.807) is 15.7 Å². The third kappa shape index (κ3) is 17.7. The Morgan fingerprint density at radius 1 is 0.415 bits per heavy atom. The second-order valence-electron chi connectivity index (χ2n) is 41.8. The van der Waals surface area contributed by atoms with Crippen LogP contribution in [0.2, 0.25) is 15.1 Å². The van der Waals surface area contributed by atoms with Crippen molar-refractivity contribution < 1.29 is 59.3 Å². The van der Waals surface area contributed by atoms with E-state index < -0.39 is 110 Å². The highest BCUT2D eigenvalue weighted by molar-refractivity contribution is 6.32. The van der Waals surface area contributed by atoms with Gasteiger partial charge in [0, 0.05) is 169 Å². The van der Waals surface area contributed by atoms with Crippen molar-refractivity contribution in [2.75, 3.05) is 78.5 Å². The molecule has 17 rings (SSSR count). The van der Waals surface area contributed by atoms with Crippen LogP contribution < -0.4 is 0 Å². The number of pyridine rings is 3. The molecule has 22 nitrogen and oxygen atoms in total. The number of likely N-dealkylation sites (tertiary alicyclic amines) is 6. The number of carbonyl (C=O) groups is 3. The molecule has 8 aromatic rings. The Morgan fingerprint density at radius 3 is 1.08 bits per heavy atom. The van der Waals surface area contributed by atoms with Gasteiger partial charge in [0.1, 0.15) is 64.4 Å². The molecule has 0 bridgehead atoms. The average molecular weight is 1860 g/mol. The molecule has 3 amide bonds. The molecule has 3 spiro atoms. The summed E-state index contributed by atoms with van der Waals surface area (Å²) in [4.78, 5) is 82.3. The standard InChI is InChI=1S/C34H42ClF3N6O2.C33H41ClF2N6O2.C31H37ClF2N4O2/c1-19-24(35)16-22-28(41-19)34(46-29(22)33(5,6)31-39-18-40-42(31)7)11-14-43(15-12-34)30(45)21-10-13-44(32(2,3)4)17-23(21)20-8-9-25(36)27(38)26(20)37;1-19-25(34)15-22-27(39-19)33(44-28(22)32(5,6)30-37-18-38-40(30)7)10-12-41(13-11-33)29(43)24-17-42(31(2,3)4)16-23(24)21-9-8-20(35)14-26(21)36;1-18-24(32)15-21-26(36-18)31(40-27(21)30(5,6)35-7)10-12-37(13-11-31)28(39)23-17-38(29(2,3)4)16-22(23)20-9-8-19(33)14-25(20)34/h8-9,16,18,21,23,29H,10-15,17H2,1-7H3;8-9,14-15,18,23-24,28H,10-13,16-17H2,1-7H3;8-9,14-15,22-23,27H,10-13,16-17H2,1-6H3/t21-,23+,29?;23-,24+,28?;22-,23+,27?/m100/s1. The number of ether oxygens (including phenoxy) is 3. The average Bonchev–Trinajstić information content (AvgIpc) is 1.57. The molecule has 9 aliphatic heterocycles. The molecular weight excluding hydrogens is 1740 g/mol. The lowest BCUT2D eigenvalue weighted by Gasteiger charge is -2.47. The molecule has 9 atom stereocenters. The van der Waals surface area contributed by atoms with Crippen LogP contribution in [0.3, 0.4) is 0 Å². The smallest absolute Gasteiger partial charge is 0.256 e. The summed E-state index contributed by atoms with van der Waals surface area (Å²) in [5.41, 5.74) is 3.51. The number of aromatic nitrogens is 9. The van der Waals surface area contributed by atoms with E-state index in [4.69, 9.17) is 70.5 Å². The summed E-state index contributed by atoms with van der Waals surface area (Å²) in [5.74, 6) is -7.84. The second kappa shape index (κ2) is 35.4. The van der Waals surface area contributed by atoms with Crippen LogP contribution in [0.25, 0.3) is 4.85 Å². The van der Waals surface area contributed by atoms with Crippen LogP contribution in [0.1, 0.15) is 264 Å². The van der Waals surface area contributed by atoms with Gasteiger partial charge >= 0.3 is 0 Å². The molecule has 0 radical (unpaired) electrons. The zero-order valence-corrected chi connectivity index (χ0v) is 80.3. The van der Waals surface area contributed by atoms with Gasteiger partial charge in [-0.25, -0.2) is 47.3 Å². The molecule has 5 aromatic heterocycles. The quantitative estimate of drug-likeness (QED) is 0.0671. The van der Waals surface area contributed by atoms with E-state index in [0.29, 0.717) is 161 Å². The Bertz CT molecular complexity index is 5720. The first-order valence-corrected chi connectivity index (χ1v) is 46.3. The van der Waals surface area contributed by atoms with Crippen LogP contribution in [-0.2, 0) is 70.3 Å². The minimum Gasteiger partial charge on any atom is -0.359 e. The van der Waals surface area contributed by atoms with Gasteiger partial charge in [-0.1, -0.05) is 53.0 Å². The minimum absolute atomic E-state index is 0.00486. The van der Waals surface area contributed by atoms with Crippen molar-refractivity contribution in [1.29, 1.82) is 0 Å². The van der Waals surface area contributed by atoms with Gasteiger partial charge in [0.2, 0.25) is 17.7 Å². The third-order valence-corrected chi connectivity index (χ3v) is 30.6. The van der Waals surface area contributed by atoms with Crippen LogP contribution in [0, 0.1) is 85.8 Å². The van der Waals surface area contributed by atoms with Gasteiger partial charge in [-0.2, -0.15) is 10.2 Å². The summed E-state index contributed by atoms with van der Waals surface area (Å²) >= 11 is 19.6. The van der Waals surface area contributed by atoms with E-state index in [1.165, 1.54) is 36.7 Å². The summed E-state index contributed by atoms with van der Waals surface area (Å²) in [5, 5.41) is 10.3. The largest absolute Gasteiger partial charge is 0.359 e. The van der Waals surface area contributed by atoms with E-state index in [9.17, 15) is 36.3 Å². The molecule has 130 heavy (non-hydrogen) atoms. The summed E-state index contributed by atoms with van der Waals surface area (Å²) in [6, 6.07) is 15.4. The van der Waals surface area contributed by atoms with Crippen LogP contribution in [-0.4, -0.2) is 192 Å². The predicted octanol–water partition coefficient (Wildman–Crippen LogP) is 18.6. The molecule has 14 heterocycles. The maximum Gasteiger partial charge on any atom is 0.256 e. The van der Waals surface area contributed by atoms with Crippen LogP contribution in [0.4, 0.5) is 30.7 Å². The highest BCUT2D eigenvalue weighted by Gasteiger charge is 2.60. The number of rotatable bonds is 11. The van der Waals surface area contributed by atoms with Crippen molar-refractivity contribution in [2.45, 2.75) is 255 Å². The van der Waals surface area contributed by atoms with Gasteiger partial charge in [-0.15, -0.1) is 0 Å². The van der Waals surface area contributed by atoms with E-state index in [1.807, 2.05) is 81.6 Å². The molecule has 3 aromatic carbocycles. The van der Waals surface area contributed by atoms with E-state index in [-0.39, 0.29) is 57.8 Å². The normalized spacial score (nSPS) is 24.1. The molecule has 9 aliphatic rings. The van der Waals surface area contributed by atoms with Crippen LogP contribution in [0.5, 0.6) is 0 Å². The monoisotopic (exact) mass is 1850 g/mol. The zero-order chi connectivity index (χ0) is 94.3. The molecule has 698 valence electrons. The number of hydrogen-bond acceptors (Lipinski definition) is 16. The van der Waals surface area contributed by atoms with Gasteiger partial charge in [-0.05, 0) is 215 Å². The Hall–Kier alpha value is -8.57. The minimum atomic E-state index is -1.50. The maximum atomic E-state index is 15.2. The topological polar surface area (TPSA) is 203 Å². The summed E-state index contributed by atoms with van der Waals surface area (Å²) in [6.45, 7) is 49.9. The predicted molar refractivity (Wildman–Crippen MR) is 481 cm³/mol. The Kier molecular flexibility index (Phi) is 26.1. The third-order valence-electron chi connectivity index (χ3n) is 29.4. The van der Waals surface area contributed by atoms with Crippen LogP contribution in [0.15, 0.2) is 79.4 Å². The number of hydrogen-bond donors (Lipinski definition) is 0. The van der Waals surface area contributed by atoms with Crippen molar-refractivity contribution in [3.63, 3.8) is 0 Å². The maximum absolute atomic E-state index is 15.2. The Morgan fingerprint density at radius 2 is 0.746 bits per heavy atom. The number of fused-ring (bicyclic) bond motifs is 6. The number of piperidine rings is 4. The molecule has 6 fully saturated rings. The Balaban J connectivity index is 0.000000150. The van der Waals surface area contributed by atoms with Crippen molar-refractivity contribution >= 4 is 52.5 Å². The number of halogens is 10. The Labute approximate surface area is 772 Å². The van der Waals surface area contributed by atoms with Crippen molar-refractivity contribution in [3.05, 3.63) is 226 Å². The fourth-order valence-corrected chi connectivity index (χ4v) is 22.1. The van der Waals surface area contributed by atoms with Gasteiger partial charge < -0.3 is 33.8 Å². The first-order valence-electron chi connectivity index (χ1n) is 45.1. The lowest BCUT2D eigenvalue weighted by molar-refractivity contribution is -0.154. The molecule has 3 unspecified atom stereocenters. The van der Waals surface area contributed by atoms with E-state index in [2.05, 4.69) is 130 Å². The molecule has 0 aliphatic carbocycles. The first kappa shape index (κ1) is 96.0. The second-order valence-corrected chi connectivity index (χ2v) is 43.1. The SMILES string of the molecule is Cc1nc2c(cc1Cl)C(C(C)(C)c1ncnn1C)OC21CCN(C(=O)[C@@H]2CCN(C(C)(C)C)C[C@H]2c2ccc(F)c(F)c2F)CC1.Cc1nc2c(cc1Cl)C(C(C)(C)c1ncnn1C)OC21CCN(C(=O)[C@@H]2CN(C(C)(C)C)C[C@H]2c2ccc(F)cc2F)CC1.[C-]#[N+]C(C)(C)C1OC2(CCN(C(=O)[C@@H]3CN(C(C)(C)C)C[C@H]3c3ccc(F)cc3F)CC2)c2nc(C)c(Cl)cc21. The lowest BCUT2D eigenvalue weighted by Crippen LogP contribution is -2.54. The van der Waals surface area contributed by atoms with E-state index >= 15 is 8.78 Å². The lowest BCUT2D eigenvalue weighted by atomic mass is 9.77. The summed E-state index contributed by atoms with van der Waals surface area (Å²) < 4.78 is 125.